The molecule has 0 saturated carbocycles. The summed E-state index contributed by atoms with van der Waals surface area (Å²) < 4.78 is 91.2. The molecule has 3 atom stereocenters. The molecule has 0 bridgehead atoms. The second kappa shape index (κ2) is 8.14. The maximum Gasteiger partial charge on any atom is 0.416 e. The van der Waals surface area contributed by atoms with Gasteiger partial charge in [-0.05, 0) is 42.3 Å². The summed E-state index contributed by atoms with van der Waals surface area (Å²) in [6, 6.07) is 8.28. The first kappa shape index (κ1) is 24.0. The number of carbonyl (C=O) groups is 2. The van der Waals surface area contributed by atoms with Crippen LogP contribution in [0, 0.1) is 0 Å². The van der Waals surface area contributed by atoms with Crippen molar-refractivity contribution >= 4 is 17.6 Å². The van der Waals surface area contributed by atoms with E-state index in [2.05, 4.69) is 0 Å². The van der Waals surface area contributed by atoms with Crippen LogP contribution in [0.15, 0.2) is 65.9 Å². The fourth-order valence-electron chi connectivity index (χ4n) is 4.74. The topological polar surface area (TPSA) is 55.8 Å². The highest BCUT2D eigenvalue weighted by molar-refractivity contribution is 6.08. The molecule has 1 saturated heterocycles. The Labute approximate surface area is 200 Å². The standard InChI is InChI=1S/C25H17F6NO4/c1-12-6-20(35-11-18-21-17-5-3-2-4-13(17)7-19(21)36-23(18)34)32(22(12)33)16-9-14(24(26,27)28)8-15(10-16)25(29,30)31/h2-6,8-11,19-21H,7H2,1H3/b18-11+/t19?,20-,21?/m0/s1. The van der Waals surface area contributed by atoms with Crippen LogP contribution in [0.3, 0.4) is 0 Å². The number of alkyl halides is 6. The number of nitrogens with zero attached hydrogens (tertiary/aromatic N) is 1. The van der Waals surface area contributed by atoms with Crippen molar-refractivity contribution in [3.8, 4) is 0 Å². The van der Waals surface area contributed by atoms with Crippen molar-refractivity contribution in [1.29, 1.82) is 0 Å². The Bertz CT molecular complexity index is 1290. The highest BCUT2D eigenvalue weighted by atomic mass is 19.4. The van der Waals surface area contributed by atoms with Gasteiger partial charge in [0.05, 0.1) is 28.9 Å². The summed E-state index contributed by atoms with van der Waals surface area (Å²) in [6.07, 6.45) is -9.16. The van der Waals surface area contributed by atoms with Crippen molar-refractivity contribution in [1.82, 2.24) is 0 Å². The molecule has 1 fully saturated rings. The number of amides is 1. The first-order valence-electron chi connectivity index (χ1n) is 10.8. The third kappa shape index (κ3) is 4.02. The normalized spacial score (nSPS) is 24.6. The Balaban J connectivity index is 1.51. The number of anilines is 1. The van der Waals surface area contributed by atoms with E-state index in [1.54, 1.807) is 6.07 Å². The SMILES string of the molecule is CC1=C[C@H](O/C=C2/C(=O)OC3Cc4ccccc4C23)N(c2cc(C(F)(F)F)cc(C(F)(F)F)c2)C1=O. The first-order valence-corrected chi connectivity index (χ1v) is 10.8. The molecule has 11 heteroatoms. The van der Waals surface area contributed by atoms with Gasteiger partial charge in [0.2, 0.25) is 0 Å². The summed E-state index contributed by atoms with van der Waals surface area (Å²) in [5, 5.41) is 0. The van der Waals surface area contributed by atoms with Crippen LogP contribution in [0.1, 0.15) is 35.1 Å². The zero-order valence-corrected chi connectivity index (χ0v) is 18.5. The Hall–Kier alpha value is -3.76. The zero-order valence-electron chi connectivity index (χ0n) is 18.5. The minimum Gasteiger partial charge on any atom is -0.473 e. The van der Waals surface area contributed by atoms with Crippen molar-refractivity contribution in [2.24, 2.45) is 0 Å². The molecular formula is C25H17F6NO4. The summed E-state index contributed by atoms with van der Waals surface area (Å²) >= 11 is 0. The molecule has 2 heterocycles. The molecule has 0 spiro atoms. The number of hydrogen-bond donors (Lipinski definition) is 0. The third-order valence-corrected chi connectivity index (χ3v) is 6.40. The fraction of sp³-hybridized carbons (Fsp3) is 0.280. The lowest BCUT2D eigenvalue weighted by atomic mass is 9.94. The van der Waals surface area contributed by atoms with Gasteiger partial charge in [0.15, 0.2) is 6.23 Å². The second-order valence-corrected chi connectivity index (χ2v) is 8.71. The van der Waals surface area contributed by atoms with Crippen molar-refractivity contribution in [2.45, 2.75) is 43.9 Å². The molecular weight excluding hydrogens is 492 g/mol. The second-order valence-electron chi connectivity index (χ2n) is 8.71. The minimum atomic E-state index is -5.09. The number of ether oxygens (including phenoxy) is 2. The highest BCUT2D eigenvalue weighted by Crippen LogP contribution is 2.45. The van der Waals surface area contributed by atoms with E-state index in [9.17, 15) is 35.9 Å². The van der Waals surface area contributed by atoms with Crippen LogP contribution in [-0.4, -0.2) is 24.2 Å². The third-order valence-electron chi connectivity index (χ3n) is 6.40. The van der Waals surface area contributed by atoms with Crippen LogP contribution >= 0.6 is 0 Å². The Morgan fingerprint density at radius 2 is 1.64 bits per heavy atom. The fourth-order valence-corrected chi connectivity index (χ4v) is 4.74. The van der Waals surface area contributed by atoms with Crippen molar-refractivity contribution in [2.75, 3.05) is 4.90 Å². The number of carbonyl (C=O) groups excluding carboxylic acids is 2. The molecule has 5 rings (SSSR count). The van der Waals surface area contributed by atoms with E-state index < -0.39 is 59.3 Å². The van der Waals surface area contributed by atoms with Gasteiger partial charge in [-0.25, -0.2) is 4.79 Å². The van der Waals surface area contributed by atoms with Gasteiger partial charge in [-0.3, -0.25) is 9.69 Å². The number of esters is 1. The van der Waals surface area contributed by atoms with Crippen LogP contribution in [0.25, 0.3) is 0 Å². The van der Waals surface area contributed by atoms with Crippen LogP contribution in [0.5, 0.6) is 0 Å². The Kier molecular flexibility index (Phi) is 5.42. The molecule has 5 nitrogen and oxygen atoms in total. The van der Waals surface area contributed by atoms with Gasteiger partial charge in [-0.15, -0.1) is 0 Å². The van der Waals surface area contributed by atoms with Crippen LogP contribution in [0.2, 0.25) is 0 Å². The summed E-state index contributed by atoms with van der Waals surface area (Å²) in [4.78, 5) is 25.9. The maximum absolute atomic E-state index is 13.4. The molecule has 2 aromatic rings. The molecule has 3 aliphatic rings. The molecule has 2 aromatic carbocycles. The van der Waals surface area contributed by atoms with Crippen LogP contribution < -0.4 is 4.90 Å². The van der Waals surface area contributed by atoms with E-state index in [4.69, 9.17) is 9.47 Å². The predicted molar refractivity (Wildman–Crippen MR) is 113 cm³/mol. The van der Waals surface area contributed by atoms with Crippen molar-refractivity contribution in [3.63, 3.8) is 0 Å². The minimum absolute atomic E-state index is 0.0195. The van der Waals surface area contributed by atoms with Gasteiger partial charge in [-0.2, -0.15) is 26.3 Å². The average molecular weight is 509 g/mol. The summed E-state index contributed by atoms with van der Waals surface area (Å²) in [7, 11) is 0. The highest BCUT2D eigenvalue weighted by Gasteiger charge is 2.47. The monoisotopic (exact) mass is 509 g/mol. The van der Waals surface area contributed by atoms with E-state index in [1.165, 1.54) is 13.0 Å². The van der Waals surface area contributed by atoms with Crippen LogP contribution in [-0.2, 0) is 37.8 Å². The molecule has 188 valence electrons. The predicted octanol–water partition coefficient (Wildman–Crippen LogP) is 5.51. The lowest BCUT2D eigenvalue weighted by Gasteiger charge is -2.26. The van der Waals surface area contributed by atoms with Gasteiger partial charge < -0.3 is 9.47 Å². The molecule has 1 aliphatic carbocycles. The quantitative estimate of drug-likeness (QED) is 0.237. The van der Waals surface area contributed by atoms with Crippen molar-refractivity contribution in [3.05, 3.63) is 88.2 Å². The van der Waals surface area contributed by atoms with E-state index in [1.807, 2.05) is 18.2 Å². The van der Waals surface area contributed by atoms with E-state index in [0.29, 0.717) is 23.5 Å². The smallest absolute Gasteiger partial charge is 0.416 e. The molecule has 0 radical (unpaired) electrons. The number of halogens is 6. The lowest BCUT2D eigenvalue weighted by Crippen LogP contribution is -2.36. The number of benzene rings is 2. The summed E-state index contributed by atoms with van der Waals surface area (Å²) in [6.45, 7) is 1.36. The average Bonchev–Trinajstić information content (AvgIpc) is 3.39. The molecule has 36 heavy (non-hydrogen) atoms. The number of fused-ring (bicyclic) bond motifs is 3. The molecule has 0 aromatic heterocycles. The summed E-state index contributed by atoms with van der Waals surface area (Å²) in [5.74, 6) is -1.91. The maximum atomic E-state index is 13.4. The van der Waals surface area contributed by atoms with Gasteiger partial charge in [0, 0.05) is 17.7 Å². The summed E-state index contributed by atoms with van der Waals surface area (Å²) in [5.41, 5.74) is -1.71. The molecule has 2 unspecified atom stereocenters. The van der Waals surface area contributed by atoms with E-state index in [-0.39, 0.29) is 17.2 Å². The molecule has 0 N–H and O–H groups in total. The number of hydrogen-bond acceptors (Lipinski definition) is 4. The number of rotatable bonds is 3. The largest absolute Gasteiger partial charge is 0.473 e. The molecule has 1 amide bonds. The van der Waals surface area contributed by atoms with Gasteiger partial charge in [0.1, 0.15) is 6.10 Å². The van der Waals surface area contributed by atoms with Crippen LogP contribution in [0.4, 0.5) is 32.0 Å². The zero-order chi connectivity index (χ0) is 26.0. The van der Waals surface area contributed by atoms with E-state index in [0.717, 1.165) is 17.4 Å². The van der Waals surface area contributed by atoms with Crippen molar-refractivity contribution < 1.29 is 45.4 Å². The van der Waals surface area contributed by atoms with Gasteiger partial charge in [0.25, 0.3) is 5.91 Å². The Morgan fingerprint density at radius 3 is 2.28 bits per heavy atom. The first-order chi connectivity index (χ1) is 16.8. The van der Waals surface area contributed by atoms with E-state index >= 15 is 0 Å². The Morgan fingerprint density at radius 1 is 1.00 bits per heavy atom. The molecule has 2 aliphatic heterocycles. The lowest BCUT2D eigenvalue weighted by molar-refractivity contribution is -0.143. The van der Waals surface area contributed by atoms with Gasteiger partial charge >= 0.3 is 18.3 Å². The van der Waals surface area contributed by atoms with Gasteiger partial charge in [-0.1, -0.05) is 24.3 Å².